The molecule has 0 bridgehead atoms. The summed E-state index contributed by atoms with van der Waals surface area (Å²) in [5.74, 6) is -1.44. The average Bonchev–Trinajstić information content (AvgIpc) is 2.96. The van der Waals surface area contributed by atoms with Crippen molar-refractivity contribution >= 4 is 47.2 Å². The second-order valence-electron chi connectivity index (χ2n) is 6.41. The van der Waals surface area contributed by atoms with Crippen molar-refractivity contribution in [1.82, 2.24) is 10.2 Å². The number of nitrogens with one attached hydrogen (secondary N) is 1. The molecule has 1 N–H and O–H groups in total. The number of halogens is 3. The summed E-state index contributed by atoms with van der Waals surface area (Å²) in [5.41, 5.74) is 1.06. The number of ether oxygens (including phenoxy) is 2. The van der Waals surface area contributed by atoms with Gasteiger partial charge >= 0.3 is 12.0 Å². The zero-order chi connectivity index (χ0) is 22.5. The summed E-state index contributed by atoms with van der Waals surface area (Å²) in [4.78, 5) is 37.3. The van der Waals surface area contributed by atoms with Crippen molar-refractivity contribution in [2.75, 3.05) is 13.2 Å². The number of benzene rings is 2. The lowest BCUT2D eigenvalue weighted by Crippen LogP contribution is -2.30. The minimum absolute atomic E-state index is 0.00949. The zero-order valence-corrected chi connectivity index (χ0v) is 17.8. The van der Waals surface area contributed by atoms with Crippen molar-refractivity contribution in [2.24, 2.45) is 0 Å². The van der Waals surface area contributed by atoms with Gasteiger partial charge in [-0.15, -0.1) is 0 Å². The molecule has 2 aromatic carbocycles. The summed E-state index contributed by atoms with van der Waals surface area (Å²) in [6.45, 7) is 1.52. The van der Waals surface area contributed by atoms with E-state index in [-0.39, 0.29) is 41.3 Å². The van der Waals surface area contributed by atoms with Crippen molar-refractivity contribution in [3.63, 3.8) is 0 Å². The van der Waals surface area contributed by atoms with Gasteiger partial charge in [-0.25, -0.2) is 14.0 Å². The number of rotatable bonds is 7. The van der Waals surface area contributed by atoms with Crippen LogP contribution in [0.2, 0.25) is 10.0 Å². The Morgan fingerprint density at radius 1 is 1.16 bits per heavy atom. The summed E-state index contributed by atoms with van der Waals surface area (Å²) in [6, 6.07) is 7.83. The van der Waals surface area contributed by atoms with E-state index in [2.05, 4.69) is 5.32 Å². The second-order valence-corrected chi connectivity index (χ2v) is 7.23. The molecule has 0 unspecified atom stereocenters. The van der Waals surface area contributed by atoms with E-state index in [1.54, 1.807) is 6.92 Å². The molecule has 10 heteroatoms. The Hall–Kier alpha value is -3.10. The SMILES string of the molecule is CCOC(=O)COc1c(Cl)cc(C=C2NC(=O)N(Cc3ccc(F)cc3)C2=O)cc1Cl. The molecule has 1 fully saturated rings. The monoisotopic (exact) mass is 466 g/mol. The molecular formula is C21H17Cl2FN2O5. The van der Waals surface area contributed by atoms with Gasteiger partial charge in [0.15, 0.2) is 12.4 Å². The Kier molecular flexibility index (Phi) is 7.14. The molecule has 0 radical (unpaired) electrons. The Morgan fingerprint density at radius 2 is 1.81 bits per heavy atom. The van der Waals surface area contributed by atoms with Crippen LogP contribution in [-0.2, 0) is 20.9 Å². The fourth-order valence-corrected chi connectivity index (χ4v) is 3.40. The van der Waals surface area contributed by atoms with Gasteiger partial charge in [0.1, 0.15) is 11.5 Å². The molecule has 1 aliphatic rings. The van der Waals surface area contributed by atoms with Gasteiger partial charge in [-0.05, 0) is 48.4 Å². The van der Waals surface area contributed by atoms with Gasteiger partial charge in [0.25, 0.3) is 5.91 Å². The summed E-state index contributed by atoms with van der Waals surface area (Å²) >= 11 is 12.4. The second kappa shape index (κ2) is 9.80. The van der Waals surface area contributed by atoms with Crippen LogP contribution in [0.5, 0.6) is 5.75 Å². The minimum atomic E-state index is -0.604. The molecule has 7 nitrogen and oxygen atoms in total. The van der Waals surface area contributed by atoms with Crippen LogP contribution in [-0.4, -0.2) is 36.0 Å². The van der Waals surface area contributed by atoms with Crippen LogP contribution < -0.4 is 10.1 Å². The van der Waals surface area contributed by atoms with E-state index in [9.17, 15) is 18.8 Å². The third-order valence-corrected chi connectivity index (χ3v) is 4.75. The van der Waals surface area contributed by atoms with Gasteiger partial charge in [-0.1, -0.05) is 35.3 Å². The van der Waals surface area contributed by atoms with Crippen LogP contribution in [0.25, 0.3) is 6.08 Å². The molecular weight excluding hydrogens is 450 g/mol. The molecule has 0 spiro atoms. The van der Waals surface area contributed by atoms with Crippen molar-refractivity contribution in [1.29, 1.82) is 0 Å². The lowest BCUT2D eigenvalue weighted by molar-refractivity contribution is -0.145. The quantitative estimate of drug-likeness (QED) is 0.376. The number of imide groups is 1. The largest absolute Gasteiger partial charge is 0.479 e. The van der Waals surface area contributed by atoms with Crippen LogP contribution in [0.15, 0.2) is 42.1 Å². The molecule has 31 heavy (non-hydrogen) atoms. The Bertz CT molecular complexity index is 1030. The molecule has 3 amide bonds. The third-order valence-electron chi connectivity index (χ3n) is 4.19. The smallest absolute Gasteiger partial charge is 0.344 e. The molecule has 1 aliphatic heterocycles. The Morgan fingerprint density at radius 3 is 2.42 bits per heavy atom. The predicted molar refractivity (Wildman–Crippen MR) is 112 cm³/mol. The van der Waals surface area contributed by atoms with Crippen LogP contribution in [0, 0.1) is 5.82 Å². The molecule has 0 aromatic heterocycles. The minimum Gasteiger partial charge on any atom is -0.479 e. The highest BCUT2D eigenvalue weighted by Crippen LogP contribution is 2.35. The number of carbonyl (C=O) groups is 3. The van der Waals surface area contributed by atoms with Gasteiger partial charge in [-0.3, -0.25) is 9.69 Å². The molecule has 162 valence electrons. The normalized spacial score (nSPS) is 14.7. The van der Waals surface area contributed by atoms with Crippen molar-refractivity contribution < 1.29 is 28.2 Å². The topological polar surface area (TPSA) is 84.9 Å². The number of hydrogen-bond donors (Lipinski definition) is 1. The number of esters is 1. The maximum Gasteiger partial charge on any atom is 0.344 e. The van der Waals surface area contributed by atoms with Crippen molar-refractivity contribution in [3.05, 3.63) is 69.1 Å². The molecule has 3 rings (SSSR count). The van der Waals surface area contributed by atoms with E-state index in [4.69, 9.17) is 32.7 Å². The number of urea groups is 1. The number of nitrogens with zero attached hydrogens (tertiary/aromatic N) is 1. The van der Waals surface area contributed by atoms with Crippen LogP contribution in [0.4, 0.5) is 9.18 Å². The first-order valence-electron chi connectivity index (χ1n) is 9.15. The van der Waals surface area contributed by atoms with Gasteiger partial charge in [-0.2, -0.15) is 0 Å². The van der Waals surface area contributed by atoms with Gasteiger partial charge in [0, 0.05) is 0 Å². The van der Waals surface area contributed by atoms with E-state index in [0.29, 0.717) is 11.1 Å². The predicted octanol–water partition coefficient (Wildman–Crippen LogP) is 4.17. The molecule has 0 atom stereocenters. The molecule has 1 saturated heterocycles. The number of carbonyl (C=O) groups excluding carboxylic acids is 3. The fraction of sp³-hybridized carbons (Fsp3) is 0.190. The highest BCUT2D eigenvalue weighted by molar-refractivity contribution is 6.37. The lowest BCUT2D eigenvalue weighted by Gasteiger charge is -2.11. The van der Waals surface area contributed by atoms with Crippen LogP contribution in [0.1, 0.15) is 18.1 Å². The Balaban J connectivity index is 1.75. The Labute approximate surface area is 187 Å². The van der Waals surface area contributed by atoms with Crippen molar-refractivity contribution in [3.8, 4) is 5.75 Å². The van der Waals surface area contributed by atoms with E-state index in [1.807, 2.05) is 0 Å². The summed E-state index contributed by atoms with van der Waals surface area (Å²) in [6.07, 6.45) is 1.41. The zero-order valence-electron chi connectivity index (χ0n) is 16.3. The fourth-order valence-electron chi connectivity index (χ4n) is 2.79. The van der Waals surface area contributed by atoms with E-state index < -0.39 is 23.7 Å². The standard InChI is InChI=1S/C21H17Cl2FN2O5/c1-2-30-18(27)11-31-19-15(22)7-13(8-16(19)23)9-17-20(28)26(21(29)25-17)10-12-3-5-14(24)6-4-12/h3-9H,2,10-11H2,1H3,(H,25,29). The highest BCUT2D eigenvalue weighted by atomic mass is 35.5. The van der Waals surface area contributed by atoms with E-state index in [1.165, 1.54) is 42.5 Å². The summed E-state index contributed by atoms with van der Waals surface area (Å²) < 4.78 is 23.1. The summed E-state index contributed by atoms with van der Waals surface area (Å²) in [5, 5.41) is 2.72. The third kappa shape index (κ3) is 5.53. The highest BCUT2D eigenvalue weighted by Gasteiger charge is 2.33. The molecule has 1 heterocycles. The van der Waals surface area contributed by atoms with Gasteiger partial charge in [0.05, 0.1) is 23.2 Å². The van der Waals surface area contributed by atoms with Crippen LogP contribution >= 0.6 is 23.2 Å². The lowest BCUT2D eigenvalue weighted by atomic mass is 10.1. The summed E-state index contributed by atoms with van der Waals surface area (Å²) in [7, 11) is 0. The average molecular weight is 467 g/mol. The molecule has 0 saturated carbocycles. The first-order valence-corrected chi connectivity index (χ1v) is 9.90. The van der Waals surface area contributed by atoms with Gasteiger partial charge in [0.2, 0.25) is 0 Å². The first-order chi connectivity index (χ1) is 14.8. The van der Waals surface area contributed by atoms with E-state index >= 15 is 0 Å². The van der Waals surface area contributed by atoms with Crippen LogP contribution in [0.3, 0.4) is 0 Å². The maximum atomic E-state index is 13.1. The number of hydrogen-bond acceptors (Lipinski definition) is 5. The maximum absolute atomic E-state index is 13.1. The number of amides is 3. The first kappa shape index (κ1) is 22.6. The molecule has 2 aromatic rings. The van der Waals surface area contributed by atoms with Crippen molar-refractivity contribution in [2.45, 2.75) is 13.5 Å². The molecule has 0 aliphatic carbocycles. The van der Waals surface area contributed by atoms with Gasteiger partial charge < -0.3 is 14.8 Å². The van der Waals surface area contributed by atoms with E-state index in [0.717, 1.165) is 4.90 Å².